The Labute approximate surface area is 148 Å². The van der Waals surface area contributed by atoms with Gasteiger partial charge in [0.1, 0.15) is 11.4 Å². The molecule has 0 spiro atoms. The first-order chi connectivity index (χ1) is 12.6. The maximum Gasteiger partial charge on any atom is 0.263 e. The molecule has 0 aliphatic heterocycles. The molecule has 4 aromatic rings. The summed E-state index contributed by atoms with van der Waals surface area (Å²) in [4.78, 5) is 17.1. The Morgan fingerprint density at radius 1 is 1.15 bits per heavy atom. The molecule has 0 atom stereocenters. The first-order valence-electron chi connectivity index (χ1n) is 8.29. The van der Waals surface area contributed by atoms with Crippen molar-refractivity contribution in [2.75, 3.05) is 0 Å². The molecule has 5 nitrogen and oxygen atoms in total. The third-order valence-corrected chi connectivity index (χ3v) is 4.43. The highest BCUT2D eigenvalue weighted by molar-refractivity contribution is 5.82. The summed E-state index contributed by atoms with van der Waals surface area (Å²) in [5.74, 6) is 0.0596. The second-order valence-electron chi connectivity index (χ2n) is 6.12. The van der Waals surface area contributed by atoms with Crippen molar-refractivity contribution in [3.63, 3.8) is 0 Å². The molecular weight excluding hydrogens is 333 g/mol. The van der Waals surface area contributed by atoms with E-state index in [4.69, 9.17) is 4.52 Å². The van der Waals surface area contributed by atoms with E-state index in [0.29, 0.717) is 11.3 Å². The Balaban J connectivity index is 1.82. The van der Waals surface area contributed by atoms with Crippen molar-refractivity contribution < 1.29 is 8.91 Å². The van der Waals surface area contributed by atoms with E-state index in [2.05, 4.69) is 17.1 Å². The molecule has 4 rings (SSSR count). The third-order valence-electron chi connectivity index (χ3n) is 4.43. The Morgan fingerprint density at radius 2 is 1.92 bits per heavy atom. The lowest BCUT2D eigenvalue weighted by atomic mass is 10.1. The minimum atomic E-state index is -0.464. The molecule has 0 bridgehead atoms. The molecule has 2 heterocycles. The second-order valence-corrected chi connectivity index (χ2v) is 6.12. The van der Waals surface area contributed by atoms with Crippen LogP contribution in [0.4, 0.5) is 4.39 Å². The SMILES string of the molecule is CCc1ccc(-c2noc(-c3cn(C)c4ccc(F)cc4c3=O)n2)cc1. The molecule has 0 fully saturated rings. The van der Waals surface area contributed by atoms with Crippen LogP contribution in [0.25, 0.3) is 33.7 Å². The fourth-order valence-corrected chi connectivity index (χ4v) is 2.96. The Morgan fingerprint density at radius 3 is 2.65 bits per heavy atom. The van der Waals surface area contributed by atoms with Crippen molar-refractivity contribution >= 4 is 10.9 Å². The van der Waals surface area contributed by atoms with Gasteiger partial charge in [-0.1, -0.05) is 36.3 Å². The van der Waals surface area contributed by atoms with Gasteiger partial charge in [-0.15, -0.1) is 0 Å². The molecule has 0 N–H and O–H groups in total. The first kappa shape index (κ1) is 16.2. The van der Waals surface area contributed by atoms with Crippen molar-refractivity contribution in [1.82, 2.24) is 14.7 Å². The number of benzene rings is 2. The van der Waals surface area contributed by atoms with Gasteiger partial charge in [0.25, 0.3) is 5.89 Å². The van der Waals surface area contributed by atoms with Gasteiger partial charge in [-0.2, -0.15) is 4.98 Å². The van der Waals surface area contributed by atoms with Gasteiger partial charge < -0.3 is 9.09 Å². The number of hydrogen-bond acceptors (Lipinski definition) is 4. The van der Waals surface area contributed by atoms with Crippen LogP contribution in [0.15, 0.2) is 58.0 Å². The monoisotopic (exact) mass is 349 g/mol. The fourth-order valence-electron chi connectivity index (χ4n) is 2.96. The Kier molecular flexibility index (Phi) is 3.88. The second kappa shape index (κ2) is 6.22. The van der Waals surface area contributed by atoms with Crippen molar-refractivity contribution in [2.24, 2.45) is 7.05 Å². The van der Waals surface area contributed by atoms with Gasteiger partial charge in [-0.25, -0.2) is 4.39 Å². The predicted octanol–water partition coefficient (Wildman–Crippen LogP) is 3.96. The number of nitrogens with zero attached hydrogens (tertiary/aromatic N) is 3. The zero-order valence-electron chi connectivity index (χ0n) is 14.4. The lowest BCUT2D eigenvalue weighted by Crippen LogP contribution is -2.10. The number of fused-ring (bicyclic) bond motifs is 1. The first-order valence-corrected chi connectivity index (χ1v) is 8.29. The van der Waals surface area contributed by atoms with Gasteiger partial charge in [0.2, 0.25) is 11.3 Å². The van der Waals surface area contributed by atoms with E-state index in [9.17, 15) is 9.18 Å². The van der Waals surface area contributed by atoms with Crippen LogP contribution in [0.3, 0.4) is 0 Å². The molecule has 2 aromatic heterocycles. The zero-order valence-corrected chi connectivity index (χ0v) is 14.4. The highest BCUT2D eigenvalue weighted by Gasteiger charge is 2.17. The van der Waals surface area contributed by atoms with E-state index in [1.807, 2.05) is 24.3 Å². The van der Waals surface area contributed by atoms with Gasteiger partial charge in [-0.05, 0) is 30.2 Å². The van der Waals surface area contributed by atoms with E-state index in [-0.39, 0.29) is 22.3 Å². The summed E-state index contributed by atoms with van der Waals surface area (Å²) < 4.78 is 20.6. The predicted molar refractivity (Wildman–Crippen MR) is 97.3 cm³/mol. The topological polar surface area (TPSA) is 60.9 Å². The lowest BCUT2D eigenvalue weighted by Gasteiger charge is -2.06. The normalized spacial score (nSPS) is 11.2. The molecule has 130 valence electrons. The molecule has 0 saturated heterocycles. The number of rotatable bonds is 3. The summed E-state index contributed by atoms with van der Waals surface area (Å²) >= 11 is 0. The number of aromatic nitrogens is 3. The Hall–Kier alpha value is -3.28. The molecule has 0 aliphatic rings. The lowest BCUT2D eigenvalue weighted by molar-refractivity contribution is 0.432. The van der Waals surface area contributed by atoms with Gasteiger partial charge >= 0.3 is 0 Å². The summed E-state index contributed by atoms with van der Waals surface area (Å²) in [5.41, 5.74) is 2.56. The largest absolute Gasteiger partial charge is 0.350 e. The fraction of sp³-hybridized carbons (Fsp3) is 0.150. The molecule has 0 amide bonds. The van der Waals surface area contributed by atoms with E-state index in [0.717, 1.165) is 12.0 Å². The van der Waals surface area contributed by atoms with E-state index in [1.165, 1.54) is 17.7 Å². The number of halogens is 1. The molecule has 0 radical (unpaired) electrons. The highest BCUT2D eigenvalue weighted by Crippen LogP contribution is 2.22. The molecular formula is C20H16FN3O2. The van der Waals surface area contributed by atoms with E-state index < -0.39 is 5.82 Å². The minimum Gasteiger partial charge on any atom is -0.350 e. The van der Waals surface area contributed by atoms with Crippen LogP contribution in [0.1, 0.15) is 12.5 Å². The highest BCUT2D eigenvalue weighted by atomic mass is 19.1. The van der Waals surface area contributed by atoms with Crippen LogP contribution in [0.5, 0.6) is 0 Å². The molecule has 6 heteroatoms. The molecule has 0 saturated carbocycles. The standard InChI is InChI=1S/C20H16FN3O2/c1-3-12-4-6-13(7-5-12)19-22-20(26-23-19)16-11-24(2)17-9-8-14(21)10-15(17)18(16)25/h4-11H,3H2,1-2H3. The maximum atomic E-state index is 13.6. The summed E-state index contributed by atoms with van der Waals surface area (Å²) in [5, 5.41) is 4.25. The van der Waals surface area contributed by atoms with Crippen LogP contribution < -0.4 is 5.43 Å². The van der Waals surface area contributed by atoms with Crippen LogP contribution in [0.2, 0.25) is 0 Å². The number of aryl methyl sites for hydroxylation is 2. The van der Waals surface area contributed by atoms with Gasteiger partial charge in [-0.3, -0.25) is 4.79 Å². The van der Waals surface area contributed by atoms with Gasteiger partial charge in [0, 0.05) is 24.2 Å². The summed E-state index contributed by atoms with van der Waals surface area (Å²) in [6.45, 7) is 2.08. The van der Waals surface area contributed by atoms with Gasteiger partial charge in [0.15, 0.2) is 0 Å². The van der Waals surface area contributed by atoms with Crippen molar-refractivity contribution in [3.05, 3.63) is 70.3 Å². The zero-order chi connectivity index (χ0) is 18.3. The average molecular weight is 349 g/mol. The molecule has 0 unspecified atom stereocenters. The minimum absolute atomic E-state index is 0.117. The molecule has 26 heavy (non-hydrogen) atoms. The summed E-state index contributed by atoms with van der Waals surface area (Å²) in [6, 6.07) is 12.0. The van der Waals surface area contributed by atoms with Crippen LogP contribution in [0, 0.1) is 5.82 Å². The van der Waals surface area contributed by atoms with Crippen molar-refractivity contribution in [3.8, 4) is 22.8 Å². The van der Waals surface area contributed by atoms with Crippen LogP contribution >= 0.6 is 0 Å². The summed E-state index contributed by atoms with van der Waals surface area (Å²) in [6.07, 6.45) is 2.57. The average Bonchev–Trinajstić information content (AvgIpc) is 3.14. The quantitative estimate of drug-likeness (QED) is 0.562. The Bertz CT molecular complexity index is 1160. The smallest absolute Gasteiger partial charge is 0.263 e. The molecule has 2 aromatic carbocycles. The third kappa shape index (κ3) is 2.69. The van der Waals surface area contributed by atoms with Crippen LogP contribution in [-0.2, 0) is 13.5 Å². The maximum absolute atomic E-state index is 13.6. The van der Waals surface area contributed by atoms with Crippen molar-refractivity contribution in [2.45, 2.75) is 13.3 Å². The van der Waals surface area contributed by atoms with Crippen LogP contribution in [-0.4, -0.2) is 14.7 Å². The summed E-state index contributed by atoms with van der Waals surface area (Å²) in [7, 11) is 1.78. The van der Waals surface area contributed by atoms with E-state index >= 15 is 0 Å². The van der Waals surface area contributed by atoms with E-state index in [1.54, 1.807) is 23.9 Å². The molecule has 0 aliphatic carbocycles. The number of pyridine rings is 1. The van der Waals surface area contributed by atoms with Gasteiger partial charge in [0.05, 0.1) is 5.52 Å². The number of hydrogen-bond donors (Lipinski definition) is 0. The van der Waals surface area contributed by atoms with Crippen molar-refractivity contribution in [1.29, 1.82) is 0 Å².